The van der Waals surface area contributed by atoms with Gasteiger partial charge in [-0.05, 0) is 85.3 Å². The highest BCUT2D eigenvalue weighted by Crippen LogP contribution is 2.21. The number of nitrogens with one attached hydrogen (secondary N) is 3. The molecule has 3 amide bonds. The van der Waals surface area contributed by atoms with Gasteiger partial charge in [0.05, 0.1) is 0 Å². The zero-order valence-corrected chi connectivity index (χ0v) is 24.7. The number of likely N-dealkylation sites (tertiary alicyclic amines) is 1. The van der Waals surface area contributed by atoms with Crippen molar-refractivity contribution in [3.8, 4) is 0 Å². The summed E-state index contributed by atoms with van der Waals surface area (Å²) in [4.78, 5) is 41.2. The van der Waals surface area contributed by atoms with Gasteiger partial charge in [0, 0.05) is 37.5 Å². The maximum Gasteiger partial charge on any atom is 0.253 e. The van der Waals surface area contributed by atoms with Crippen LogP contribution in [0.4, 0.5) is 4.39 Å². The second-order valence-electron chi connectivity index (χ2n) is 11.6. The average Bonchev–Trinajstić information content (AvgIpc) is 3.00. The fourth-order valence-corrected chi connectivity index (χ4v) is 5.32. The lowest BCUT2D eigenvalue weighted by Gasteiger charge is -2.32. The molecule has 0 radical (unpaired) electrons. The smallest absolute Gasteiger partial charge is 0.253 e. The standard InChI is InChI=1S/C34H43FN4O3/c1-24(2)23-36-17-5-6-18-37-33(41)31(22-25-9-10-26-7-3-4-8-29(26)21-25)38-32(40)27-15-19-39(20-16-27)34(42)28-11-13-30(35)14-12-28/h3-4,7-14,21,24,27,31,36H,5-6,15-20,22-23H2,1-2H3,(H,37,41)(H,38,40)/t31-/m1/s1. The number of hydrogen-bond donors (Lipinski definition) is 3. The third-order valence-electron chi connectivity index (χ3n) is 7.76. The normalized spacial score (nSPS) is 14.6. The zero-order valence-electron chi connectivity index (χ0n) is 24.7. The minimum absolute atomic E-state index is 0.164. The number of fused-ring (bicyclic) bond motifs is 1. The van der Waals surface area contributed by atoms with Crippen LogP contribution in [0.15, 0.2) is 66.7 Å². The van der Waals surface area contributed by atoms with Crippen LogP contribution in [0.3, 0.4) is 0 Å². The Morgan fingerprint density at radius 1 is 0.905 bits per heavy atom. The Kier molecular flexibility index (Phi) is 11.5. The fraction of sp³-hybridized carbons (Fsp3) is 0.441. The molecule has 0 spiro atoms. The number of rotatable bonds is 13. The molecule has 1 atom stereocenters. The molecule has 1 aliphatic rings. The first-order chi connectivity index (χ1) is 20.3. The molecule has 42 heavy (non-hydrogen) atoms. The lowest BCUT2D eigenvalue weighted by Crippen LogP contribution is -2.51. The average molecular weight is 575 g/mol. The van der Waals surface area contributed by atoms with Crippen molar-refractivity contribution in [2.75, 3.05) is 32.7 Å². The molecule has 0 aliphatic carbocycles. The van der Waals surface area contributed by atoms with Gasteiger partial charge in [-0.1, -0.05) is 56.3 Å². The number of unbranched alkanes of at least 4 members (excludes halogenated alkanes) is 1. The lowest BCUT2D eigenvalue weighted by atomic mass is 9.94. The van der Waals surface area contributed by atoms with E-state index in [-0.39, 0.29) is 29.5 Å². The molecule has 1 fully saturated rings. The topological polar surface area (TPSA) is 90.5 Å². The molecule has 4 rings (SSSR count). The maximum atomic E-state index is 13.4. The van der Waals surface area contributed by atoms with Crippen molar-refractivity contribution in [3.63, 3.8) is 0 Å². The van der Waals surface area contributed by atoms with Gasteiger partial charge in [0.15, 0.2) is 0 Å². The minimum atomic E-state index is -0.698. The second-order valence-corrected chi connectivity index (χ2v) is 11.6. The SMILES string of the molecule is CC(C)CNCCCCNC(=O)[C@@H](Cc1ccc2ccccc2c1)NC(=O)C1CCN(C(=O)c2ccc(F)cc2)CC1. The molecule has 7 nitrogen and oxygen atoms in total. The van der Waals surface area contributed by atoms with Crippen LogP contribution in [0, 0.1) is 17.7 Å². The van der Waals surface area contributed by atoms with Gasteiger partial charge in [0.25, 0.3) is 5.91 Å². The van der Waals surface area contributed by atoms with E-state index >= 15 is 0 Å². The van der Waals surface area contributed by atoms with Gasteiger partial charge in [-0.2, -0.15) is 0 Å². The molecule has 1 aliphatic heterocycles. The first kappa shape index (κ1) is 31.2. The second kappa shape index (κ2) is 15.4. The quantitative estimate of drug-likeness (QED) is 0.258. The Labute approximate surface area is 248 Å². The first-order valence-electron chi connectivity index (χ1n) is 15.1. The van der Waals surface area contributed by atoms with Gasteiger partial charge in [-0.3, -0.25) is 14.4 Å². The fourth-order valence-electron chi connectivity index (χ4n) is 5.32. The molecule has 3 aromatic carbocycles. The summed E-state index contributed by atoms with van der Waals surface area (Å²) in [6, 6.07) is 19.0. The molecule has 0 unspecified atom stereocenters. The van der Waals surface area contributed by atoms with Crippen molar-refractivity contribution in [1.82, 2.24) is 20.9 Å². The summed E-state index contributed by atoms with van der Waals surface area (Å²) < 4.78 is 13.3. The van der Waals surface area contributed by atoms with E-state index < -0.39 is 6.04 Å². The molecule has 224 valence electrons. The number of halogens is 1. The van der Waals surface area contributed by atoms with Crippen LogP contribution in [0.1, 0.15) is 55.5 Å². The van der Waals surface area contributed by atoms with Gasteiger partial charge in [0.1, 0.15) is 11.9 Å². The number of benzene rings is 3. The highest BCUT2D eigenvalue weighted by Gasteiger charge is 2.30. The third-order valence-corrected chi connectivity index (χ3v) is 7.76. The van der Waals surface area contributed by atoms with E-state index in [2.05, 4.69) is 35.9 Å². The number of nitrogens with zero attached hydrogens (tertiary/aromatic N) is 1. The van der Waals surface area contributed by atoms with Gasteiger partial charge in [0.2, 0.25) is 11.8 Å². The Balaban J connectivity index is 1.34. The van der Waals surface area contributed by atoms with E-state index in [9.17, 15) is 18.8 Å². The van der Waals surface area contributed by atoms with Crippen LogP contribution in [0.25, 0.3) is 10.8 Å². The van der Waals surface area contributed by atoms with E-state index in [1.165, 1.54) is 24.3 Å². The molecule has 3 aromatic rings. The van der Waals surface area contributed by atoms with Crippen LogP contribution < -0.4 is 16.0 Å². The van der Waals surface area contributed by atoms with Crippen LogP contribution >= 0.6 is 0 Å². The lowest BCUT2D eigenvalue weighted by molar-refractivity contribution is -0.132. The molecule has 8 heteroatoms. The number of amides is 3. The predicted molar refractivity (Wildman–Crippen MR) is 165 cm³/mol. The van der Waals surface area contributed by atoms with E-state index in [1.807, 2.05) is 36.4 Å². The van der Waals surface area contributed by atoms with E-state index in [4.69, 9.17) is 0 Å². The zero-order chi connectivity index (χ0) is 29.9. The van der Waals surface area contributed by atoms with Crippen LogP contribution in [0.5, 0.6) is 0 Å². The van der Waals surface area contributed by atoms with Gasteiger partial charge >= 0.3 is 0 Å². The first-order valence-corrected chi connectivity index (χ1v) is 15.1. The molecule has 0 saturated carbocycles. The molecular formula is C34H43FN4O3. The molecule has 0 aromatic heterocycles. The Morgan fingerprint density at radius 3 is 2.31 bits per heavy atom. The summed E-state index contributed by atoms with van der Waals surface area (Å²) in [5, 5.41) is 11.7. The van der Waals surface area contributed by atoms with Crippen LogP contribution in [-0.4, -0.2) is 61.4 Å². The minimum Gasteiger partial charge on any atom is -0.354 e. The number of hydrogen-bond acceptors (Lipinski definition) is 4. The van der Waals surface area contributed by atoms with Crippen LogP contribution in [-0.2, 0) is 16.0 Å². The van der Waals surface area contributed by atoms with Gasteiger partial charge in [-0.25, -0.2) is 4.39 Å². The number of carbonyl (C=O) groups is 3. The summed E-state index contributed by atoms with van der Waals surface area (Å²) in [6.45, 7) is 7.65. The number of carbonyl (C=O) groups excluding carboxylic acids is 3. The van der Waals surface area contributed by atoms with Gasteiger partial charge in [-0.15, -0.1) is 0 Å². The van der Waals surface area contributed by atoms with Crippen molar-refractivity contribution < 1.29 is 18.8 Å². The summed E-state index contributed by atoms with van der Waals surface area (Å²) in [6.07, 6.45) is 3.22. The summed E-state index contributed by atoms with van der Waals surface area (Å²) >= 11 is 0. The Hall–Kier alpha value is -3.78. The summed E-state index contributed by atoms with van der Waals surface area (Å²) in [7, 11) is 0. The summed E-state index contributed by atoms with van der Waals surface area (Å²) in [5.41, 5.74) is 1.41. The van der Waals surface area contributed by atoms with Gasteiger partial charge < -0.3 is 20.9 Å². The van der Waals surface area contributed by atoms with Crippen molar-refractivity contribution in [2.45, 2.75) is 52.0 Å². The molecule has 0 bridgehead atoms. The predicted octanol–water partition coefficient (Wildman–Crippen LogP) is 4.70. The number of piperidine rings is 1. The third kappa shape index (κ3) is 9.11. The molecule has 1 saturated heterocycles. The Morgan fingerprint density at radius 2 is 1.60 bits per heavy atom. The maximum absolute atomic E-state index is 13.4. The monoisotopic (exact) mass is 574 g/mol. The highest BCUT2D eigenvalue weighted by atomic mass is 19.1. The summed E-state index contributed by atoms with van der Waals surface area (Å²) in [5.74, 6) is -0.587. The largest absolute Gasteiger partial charge is 0.354 e. The van der Waals surface area contributed by atoms with E-state index in [0.717, 1.165) is 42.3 Å². The highest BCUT2D eigenvalue weighted by molar-refractivity contribution is 5.94. The molecule has 3 N–H and O–H groups in total. The van der Waals surface area contributed by atoms with Crippen molar-refractivity contribution in [2.24, 2.45) is 11.8 Å². The Bertz CT molecular complexity index is 1340. The van der Waals surface area contributed by atoms with Crippen LogP contribution in [0.2, 0.25) is 0 Å². The van der Waals surface area contributed by atoms with E-state index in [0.29, 0.717) is 50.4 Å². The van der Waals surface area contributed by atoms with Crippen molar-refractivity contribution >= 4 is 28.5 Å². The van der Waals surface area contributed by atoms with Crippen molar-refractivity contribution in [1.29, 1.82) is 0 Å². The van der Waals surface area contributed by atoms with Crippen molar-refractivity contribution in [3.05, 3.63) is 83.7 Å². The van der Waals surface area contributed by atoms with E-state index in [1.54, 1.807) is 4.90 Å². The molecule has 1 heterocycles. The molecular weight excluding hydrogens is 531 g/mol.